The van der Waals surface area contributed by atoms with E-state index in [-0.39, 0.29) is 11.7 Å². The highest BCUT2D eigenvalue weighted by molar-refractivity contribution is 6.35. The van der Waals surface area contributed by atoms with Gasteiger partial charge in [0.05, 0.1) is 0 Å². The minimum Gasteiger partial charge on any atom is -0.369 e. The molecule has 0 radical (unpaired) electrons. The molecule has 0 N–H and O–H groups in total. The number of hydrogen-bond acceptors (Lipinski definition) is 4. The number of ketones is 1. The van der Waals surface area contributed by atoms with E-state index in [4.69, 9.17) is 0 Å². The Kier molecular flexibility index (Phi) is 6.00. The summed E-state index contributed by atoms with van der Waals surface area (Å²) in [4.78, 5) is 30.0. The van der Waals surface area contributed by atoms with E-state index in [9.17, 15) is 9.59 Å². The van der Waals surface area contributed by atoms with Crippen molar-refractivity contribution in [2.75, 3.05) is 50.7 Å². The largest absolute Gasteiger partial charge is 0.369 e. The Morgan fingerprint density at radius 2 is 1.75 bits per heavy atom. The van der Waals surface area contributed by atoms with Gasteiger partial charge in [-0.25, -0.2) is 0 Å². The van der Waals surface area contributed by atoms with Gasteiger partial charge in [0.1, 0.15) is 0 Å². The molecule has 1 amide bonds. The van der Waals surface area contributed by atoms with Crippen LogP contribution < -0.4 is 4.90 Å². The lowest BCUT2D eigenvalue weighted by atomic mass is 9.93. The third-order valence-corrected chi connectivity index (χ3v) is 6.89. The molecule has 0 spiro atoms. The van der Waals surface area contributed by atoms with Crippen LogP contribution in [-0.4, -0.2) is 67.3 Å². The van der Waals surface area contributed by atoms with Gasteiger partial charge in [-0.3, -0.25) is 14.5 Å². The Bertz CT molecular complexity index is 717. The molecule has 1 aliphatic carbocycles. The maximum atomic E-state index is 11.8. The standard InChI is InChI=1S/C23H33N3O2/c1-18(27)23(28)26-12-9-19(10-13-26)8-11-24-14-16-25(17-15-24)22-7-3-5-20-4-2-6-21(20)22/h3,5,7,19H,2,4,6,8-17H2,1H3. The Hall–Kier alpha value is -1.88. The zero-order chi connectivity index (χ0) is 19.5. The first kappa shape index (κ1) is 19.4. The first-order chi connectivity index (χ1) is 13.6. The van der Waals surface area contributed by atoms with Crippen LogP contribution in [0.1, 0.15) is 43.7 Å². The molecule has 2 fully saturated rings. The number of aryl methyl sites for hydroxylation is 1. The number of carbonyl (C=O) groups excluding carboxylic acids is 2. The van der Waals surface area contributed by atoms with Gasteiger partial charge < -0.3 is 9.80 Å². The smallest absolute Gasteiger partial charge is 0.289 e. The summed E-state index contributed by atoms with van der Waals surface area (Å²) in [5, 5.41) is 0. The number of anilines is 1. The maximum Gasteiger partial charge on any atom is 0.289 e. The van der Waals surface area contributed by atoms with Gasteiger partial charge >= 0.3 is 0 Å². The molecule has 28 heavy (non-hydrogen) atoms. The monoisotopic (exact) mass is 383 g/mol. The normalized spacial score (nSPS) is 21.0. The SMILES string of the molecule is CC(=O)C(=O)N1CCC(CCN2CCN(c3cccc4c3CCC4)CC2)CC1. The fraction of sp³-hybridized carbons (Fsp3) is 0.652. The van der Waals surface area contributed by atoms with Gasteiger partial charge in [0.25, 0.3) is 5.91 Å². The molecule has 0 saturated carbocycles. The first-order valence-corrected chi connectivity index (χ1v) is 11.0. The lowest BCUT2D eigenvalue weighted by Gasteiger charge is -2.38. The van der Waals surface area contributed by atoms with Crippen LogP contribution in [0.15, 0.2) is 18.2 Å². The summed E-state index contributed by atoms with van der Waals surface area (Å²) in [7, 11) is 0. The number of piperazine rings is 1. The van der Waals surface area contributed by atoms with Gasteiger partial charge in [0.15, 0.2) is 0 Å². The lowest BCUT2D eigenvalue weighted by molar-refractivity contribution is -0.144. The van der Waals surface area contributed by atoms with Crippen LogP contribution >= 0.6 is 0 Å². The molecular weight excluding hydrogens is 350 g/mol. The van der Waals surface area contributed by atoms with Gasteiger partial charge in [0, 0.05) is 51.9 Å². The van der Waals surface area contributed by atoms with Crippen LogP contribution in [0.2, 0.25) is 0 Å². The van der Waals surface area contributed by atoms with E-state index in [0.717, 1.165) is 58.7 Å². The summed E-state index contributed by atoms with van der Waals surface area (Å²) in [6, 6.07) is 6.85. The molecule has 152 valence electrons. The number of fused-ring (bicyclic) bond motifs is 1. The van der Waals surface area contributed by atoms with Crippen molar-refractivity contribution in [2.24, 2.45) is 5.92 Å². The van der Waals surface area contributed by atoms with Gasteiger partial charge in [0.2, 0.25) is 5.78 Å². The van der Waals surface area contributed by atoms with Crippen molar-refractivity contribution in [3.8, 4) is 0 Å². The number of piperidine rings is 1. The highest BCUT2D eigenvalue weighted by Crippen LogP contribution is 2.32. The summed E-state index contributed by atoms with van der Waals surface area (Å²) in [5.74, 6) is 0.0498. The molecular formula is C23H33N3O2. The Morgan fingerprint density at radius 1 is 1.00 bits per heavy atom. The second-order valence-corrected chi connectivity index (χ2v) is 8.68. The number of rotatable bonds is 5. The van der Waals surface area contributed by atoms with E-state index in [1.165, 1.54) is 38.3 Å². The number of likely N-dealkylation sites (tertiary alicyclic amines) is 1. The van der Waals surface area contributed by atoms with Crippen molar-refractivity contribution < 1.29 is 9.59 Å². The van der Waals surface area contributed by atoms with Crippen molar-refractivity contribution in [3.63, 3.8) is 0 Å². The molecule has 4 rings (SSSR count). The first-order valence-electron chi connectivity index (χ1n) is 11.0. The zero-order valence-electron chi connectivity index (χ0n) is 17.2. The third kappa shape index (κ3) is 4.24. The van der Waals surface area contributed by atoms with Crippen LogP contribution in [-0.2, 0) is 22.4 Å². The molecule has 1 aromatic carbocycles. The van der Waals surface area contributed by atoms with Crippen LogP contribution in [0.4, 0.5) is 5.69 Å². The number of carbonyl (C=O) groups is 2. The van der Waals surface area contributed by atoms with Crippen LogP contribution in [0.3, 0.4) is 0 Å². The van der Waals surface area contributed by atoms with Crippen molar-refractivity contribution in [3.05, 3.63) is 29.3 Å². The van der Waals surface area contributed by atoms with Gasteiger partial charge in [-0.05, 0) is 68.2 Å². The number of Topliss-reactive ketones (excluding diaryl/α,β-unsaturated/α-hetero) is 1. The fourth-order valence-electron chi connectivity index (χ4n) is 5.12. The van der Waals surface area contributed by atoms with Gasteiger partial charge in [-0.2, -0.15) is 0 Å². The van der Waals surface area contributed by atoms with Crippen LogP contribution in [0, 0.1) is 5.92 Å². The molecule has 3 aliphatic rings. The highest BCUT2D eigenvalue weighted by atomic mass is 16.2. The number of amides is 1. The quantitative estimate of drug-likeness (QED) is 0.733. The molecule has 2 saturated heterocycles. The predicted octanol–water partition coefficient (Wildman–Crippen LogP) is 2.52. The highest BCUT2D eigenvalue weighted by Gasteiger charge is 2.26. The van der Waals surface area contributed by atoms with E-state index in [2.05, 4.69) is 28.0 Å². The van der Waals surface area contributed by atoms with Crippen molar-refractivity contribution in [1.29, 1.82) is 0 Å². The molecule has 5 heteroatoms. The third-order valence-electron chi connectivity index (χ3n) is 6.89. The minimum atomic E-state index is -0.333. The molecule has 2 aliphatic heterocycles. The molecule has 0 bridgehead atoms. The number of benzene rings is 1. The summed E-state index contributed by atoms with van der Waals surface area (Å²) >= 11 is 0. The van der Waals surface area contributed by atoms with E-state index < -0.39 is 0 Å². The van der Waals surface area contributed by atoms with Crippen molar-refractivity contribution >= 4 is 17.4 Å². The second-order valence-electron chi connectivity index (χ2n) is 8.68. The van der Waals surface area contributed by atoms with Crippen molar-refractivity contribution in [1.82, 2.24) is 9.80 Å². The van der Waals surface area contributed by atoms with E-state index >= 15 is 0 Å². The molecule has 0 atom stereocenters. The summed E-state index contributed by atoms with van der Waals surface area (Å²) < 4.78 is 0. The fourth-order valence-corrected chi connectivity index (χ4v) is 5.12. The van der Waals surface area contributed by atoms with Gasteiger partial charge in [-0.1, -0.05) is 12.1 Å². The second kappa shape index (κ2) is 8.64. The summed E-state index contributed by atoms with van der Waals surface area (Å²) in [6.45, 7) is 8.57. The summed E-state index contributed by atoms with van der Waals surface area (Å²) in [6.07, 6.45) is 7.09. The number of hydrogen-bond donors (Lipinski definition) is 0. The summed E-state index contributed by atoms with van der Waals surface area (Å²) in [5.41, 5.74) is 4.65. The molecule has 2 heterocycles. The lowest BCUT2D eigenvalue weighted by Crippen LogP contribution is -2.47. The average molecular weight is 384 g/mol. The van der Waals surface area contributed by atoms with Crippen molar-refractivity contribution in [2.45, 2.75) is 45.4 Å². The predicted molar refractivity (Wildman–Crippen MR) is 112 cm³/mol. The molecule has 5 nitrogen and oxygen atoms in total. The Morgan fingerprint density at radius 3 is 2.46 bits per heavy atom. The van der Waals surface area contributed by atoms with Crippen LogP contribution in [0.25, 0.3) is 0 Å². The van der Waals surface area contributed by atoms with Gasteiger partial charge in [-0.15, -0.1) is 0 Å². The molecule has 0 aromatic heterocycles. The van der Waals surface area contributed by atoms with E-state index in [1.54, 1.807) is 16.0 Å². The topological polar surface area (TPSA) is 43.9 Å². The minimum absolute atomic E-state index is 0.304. The van der Waals surface area contributed by atoms with E-state index in [0.29, 0.717) is 5.92 Å². The Labute approximate surface area is 168 Å². The Balaban J connectivity index is 1.20. The average Bonchev–Trinajstić information content (AvgIpc) is 3.21. The molecule has 1 aromatic rings. The van der Waals surface area contributed by atoms with Crippen LogP contribution in [0.5, 0.6) is 0 Å². The maximum absolute atomic E-state index is 11.8. The van der Waals surface area contributed by atoms with E-state index in [1.807, 2.05) is 0 Å². The molecule has 0 unspecified atom stereocenters. The zero-order valence-corrected chi connectivity index (χ0v) is 17.2. The number of nitrogens with zero attached hydrogens (tertiary/aromatic N) is 3.